The summed E-state index contributed by atoms with van der Waals surface area (Å²) in [6.45, 7) is 15.7. The molecule has 0 aliphatic carbocycles. The van der Waals surface area contributed by atoms with Crippen LogP contribution in [0, 0.1) is 0 Å². The molecule has 0 aromatic heterocycles. The van der Waals surface area contributed by atoms with Gasteiger partial charge in [0, 0.05) is 17.8 Å². The summed E-state index contributed by atoms with van der Waals surface area (Å²) in [6.07, 6.45) is 0. The van der Waals surface area contributed by atoms with Crippen molar-refractivity contribution in [2.45, 2.75) is 58.9 Å². The van der Waals surface area contributed by atoms with Crippen molar-refractivity contribution in [2.24, 2.45) is 0 Å². The van der Waals surface area contributed by atoms with Crippen molar-refractivity contribution in [3.05, 3.63) is 29.3 Å². The first-order valence-electron chi connectivity index (χ1n) is 7.44. The number of hydrogen-bond acceptors (Lipinski definition) is 2. The van der Waals surface area contributed by atoms with E-state index in [4.69, 9.17) is 0 Å². The number of anilines is 1. The molecule has 2 nitrogen and oxygen atoms in total. The maximum absolute atomic E-state index is 3.60. The van der Waals surface area contributed by atoms with Crippen molar-refractivity contribution >= 4 is 5.69 Å². The number of para-hydroxylation sites is 1. The fourth-order valence-corrected chi connectivity index (χ4v) is 2.93. The van der Waals surface area contributed by atoms with Crippen molar-refractivity contribution in [2.75, 3.05) is 18.1 Å². The van der Waals surface area contributed by atoms with Gasteiger partial charge in [-0.15, -0.1) is 0 Å². The van der Waals surface area contributed by atoms with Crippen LogP contribution in [0.15, 0.2) is 18.2 Å². The van der Waals surface area contributed by atoms with Gasteiger partial charge in [-0.1, -0.05) is 45.9 Å². The molecule has 19 heavy (non-hydrogen) atoms. The number of nitrogens with zero attached hydrogens (tertiary/aromatic N) is 1. The Kier molecular flexibility index (Phi) is 3.91. The van der Waals surface area contributed by atoms with Crippen LogP contribution >= 0.6 is 0 Å². The van der Waals surface area contributed by atoms with E-state index >= 15 is 0 Å². The monoisotopic (exact) mass is 260 g/mol. The lowest BCUT2D eigenvalue weighted by Gasteiger charge is -2.28. The van der Waals surface area contributed by atoms with Gasteiger partial charge in [-0.2, -0.15) is 0 Å². The van der Waals surface area contributed by atoms with E-state index in [1.54, 1.807) is 0 Å². The van der Waals surface area contributed by atoms with Gasteiger partial charge >= 0.3 is 0 Å². The van der Waals surface area contributed by atoms with Crippen LogP contribution in [-0.4, -0.2) is 18.8 Å². The third kappa shape index (κ3) is 2.94. The van der Waals surface area contributed by atoms with Gasteiger partial charge in [-0.05, 0) is 36.8 Å². The van der Waals surface area contributed by atoms with E-state index in [1.807, 2.05) is 0 Å². The minimum absolute atomic E-state index is 0.207. The second-order valence-corrected chi connectivity index (χ2v) is 7.01. The van der Waals surface area contributed by atoms with Gasteiger partial charge in [0.1, 0.15) is 0 Å². The molecule has 1 aliphatic heterocycles. The molecule has 1 fully saturated rings. The SMILES string of the molecule is CC(C)c1cccc(C(C)C)c1N1CNC(C)(C)C1. The van der Waals surface area contributed by atoms with Gasteiger partial charge in [0.05, 0.1) is 6.67 Å². The van der Waals surface area contributed by atoms with Gasteiger partial charge < -0.3 is 4.90 Å². The first-order valence-corrected chi connectivity index (χ1v) is 7.44. The topological polar surface area (TPSA) is 15.3 Å². The summed E-state index contributed by atoms with van der Waals surface area (Å²) in [6, 6.07) is 6.79. The molecule has 1 heterocycles. The molecular formula is C17H28N2. The third-order valence-corrected chi connectivity index (χ3v) is 3.99. The van der Waals surface area contributed by atoms with E-state index < -0.39 is 0 Å². The summed E-state index contributed by atoms with van der Waals surface area (Å²) < 4.78 is 0. The van der Waals surface area contributed by atoms with Crippen LogP contribution in [0.25, 0.3) is 0 Å². The number of benzene rings is 1. The van der Waals surface area contributed by atoms with E-state index in [-0.39, 0.29) is 5.54 Å². The predicted octanol–water partition coefficient (Wildman–Crippen LogP) is 4.08. The average molecular weight is 260 g/mol. The Morgan fingerprint density at radius 1 is 1.05 bits per heavy atom. The molecule has 1 aromatic carbocycles. The van der Waals surface area contributed by atoms with Crippen molar-refractivity contribution in [1.29, 1.82) is 0 Å². The van der Waals surface area contributed by atoms with Crippen LogP contribution in [0.3, 0.4) is 0 Å². The molecule has 106 valence electrons. The number of hydrogen-bond donors (Lipinski definition) is 1. The molecule has 2 rings (SSSR count). The van der Waals surface area contributed by atoms with Crippen molar-refractivity contribution < 1.29 is 0 Å². The Morgan fingerprint density at radius 2 is 1.58 bits per heavy atom. The van der Waals surface area contributed by atoms with E-state index in [2.05, 4.69) is 70.0 Å². The Labute approximate surface area is 118 Å². The molecule has 0 bridgehead atoms. The molecule has 1 aromatic rings. The molecule has 1 aliphatic rings. The van der Waals surface area contributed by atoms with Gasteiger partial charge in [-0.25, -0.2) is 0 Å². The zero-order chi connectivity index (χ0) is 14.2. The summed E-state index contributed by atoms with van der Waals surface area (Å²) in [5.74, 6) is 1.13. The summed E-state index contributed by atoms with van der Waals surface area (Å²) in [5.41, 5.74) is 4.63. The minimum Gasteiger partial charge on any atom is -0.356 e. The maximum Gasteiger partial charge on any atom is 0.0687 e. The molecule has 0 radical (unpaired) electrons. The lowest BCUT2D eigenvalue weighted by molar-refractivity contribution is 0.488. The molecule has 0 saturated carbocycles. The normalized spacial score (nSPS) is 18.6. The number of rotatable bonds is 3. The first kappa shape index (κ1) is 14.4. The van der Waals surface area contributed by atoms with Crippen LogP contribution in [0.4, 0.5) is 5.69 Å². The van der Waals surface area contributed by atoms with E-state index in [0.29, 0.717) is 11.8 Å². The smallest absolute Gasteiger partial charge is 0.0687 e. The molecule has 1 N–H and O–H groups in total. The molecule has 0 atom stereocenters. The largest absolute Gasteiger partial charge is 0.356 e. The quantitative estimate of drug-likeness (QED) is 0.881. The molecule has 0 unspecified atom stereocenters. The van der Waals surface area contributed by atoms with E-state index in [9.17, 15) is 0 Å². The van der Waals surface area contributed by atoms with Crippen molar-refractivity contribution in [1.82, 2.24) is 5.32 Å². The fourth-order valence-electron chi connectivity index (χ4n) is 2.93. The summed E-state index contributed by atoms with van der Waals surface area (Å²) >= 11 is 0. The van der Waals surface area contributed by atoms with E-state index in [1.165, 1.54) is 16.8 Å². The van der Waals surface area contributed by atoms with Crippen molar-refractivity contribution in [3.63, 3.8) is 0 Å². The summed E-state index contributed by atoms with van der Waals surface area (Å²) in [5, 5.41) is 3.60. The molecule has 0 amide bonds. The Morgan fingerprint density at radius 3 is 1.95 bits per heavy atom. The van der Waals surface area contributed by atoms with Crippen LogP contribution in [0.5, 0.6) is 0 Å². The third-order valence-electron chi connectivity index (χ3n) is 3.99. The standard InChI is InChI=1S/C17H28N2/c1-12(2)14-8-7-9-15(13(3)4)16(14)19-10-17(5,6)18-11-19/h7-9,12-13,18H,10-11H2,1-6H3. The lowest BCUT2D eigenvalue weighted by atomic mass is 9.91. The highest BCUT2D eigenvalue weighted by atomic mass is 15.3. The van der Waals surface area contributed by atoms with Gasteiger partial charge in [0.25, 0.3) is 0 Å². The molecular weight excluding hydrogens is 232 g/mol. The van der Waals surface area contributed by atoms with Gasteiger partial charge in [0.2, 0.25) is 0 Å². The van der Waals surface area contributed by atoms with Gasteiger partial charge in [0.15, 0.2) is 0 Å². The zero-order valence-corrected chi connectivity index (χ0v) is 13.2. The second-order valence-electron chi connectivity index (χ2n) is 7.01. The van der Waals surface area contributed by atoms with Crippen molar-refractivity contribution in [3.8, 4) is 0 Å². The van der Waals surface area contributed by atoms with Gasteiger partial charge in [-0.3, -0.25) is 5.32 Å². The Balaban J connectivity index is 2.47. The Hall–Kier alpha value is -1.02. The molecule has 0 spiro atoms. The summed E-state index contributed by atoms with van der Waals surface area (Å²) in [4.78, 5) is 2.52. The van der Waals surface area contributed by atoms with Crippen LogP contribution < -0.4 is 10.2 Å². The predicted molar refractivity (Wildman–Crippen MR) is 84.0 cm³/mol. The van der Waals surface area contributed by atoms with Crippen LogP contribution in [-0.2, 0) is 0 Å². The highest BCUT2D eigenvalue weighted by Crippen LogP contribution is 2.36. The van der Waals surface area contributed by atoms with Crippen LogP contribution in [0.1, 0.15) is 64.5 Å². The fraction of sp³-hybridized carbons (Fsp3) is 0.647. The zero-order valence-electron chi connectivity index (χ0n) is 13.2. The van der Waals surface area contributed by atoms with Crippen LogP contribution in [0.2, 0.25) is 0 Å². The second kappa shape index (κ2) is 5.16. The number of nitrogens with one attached hydrogen (secondary N) is 1. The highest BCUT2D eigenvalue weighted by Gasteiger charge is 2.31. The summed E-state index contributed by atoms with van der Waals surface area (Å²) in [7, 11) is 0. The first-order chi connectivity index (χ1) is 8.82. The lowest BCUT2D eigenvalue weighted by Crippen LogP contribution is -2.35. The molecule has 1 saturated heterocycles. The van der Waals surface area contributed by atoms with E-state index in [0.717, 1.165) is 13.2 Å². The minimum atomic E-state index is 0.207. The Bertz CT molecular complexity index is 420. The molecule has 2 heteroatoms. The maximum atomic E-state index is 3.60. The average Bonchev–Trinajstić information content (AvgIpc) is 2.68. The highest BCUT2D eigenvalue weighted by molar-refractivity contribution is 5.62.